The van der Waals surface area contributed by atoms with Crippen LogP contribution in [0.1, 0.15) is 30.9 Å². The third kappa shape index (κ3) is 3.72. The summed E-state index contributed by atoms with van der Waals surface area (Å²) in [6, 6.07) is 9.99. The molecule has 0 radical (unpaired) electrons. The Morgan fingerprint density at radius 3 is 2.35 bits per heavy atom. The van der Waals surface area contributed by atoms with Crippen molar-refractivity contribution in [2.24, 2.45) is 0 Å². The number of aliphatic carboxylic acids is 1. The minimum atomic E-state index is -0.722. The minimum absolute atomic E-state index is 0. The van der Waals surface area contributed by atoms with Crippen molar-refractivity contribution in [1.82, 2.24) is 4.90 Å². The smallest absolute Gasteiger partial charge is 0.305 e. The molecule has 2 rings (SSSR count). The van der Waals surface area contributed by atoms with Crippen molar-refractivity contribution in [1.29, 1.82) is 0 Å². The number of halogens is 1. The molecule has 17 heavy (non-hydrogen) atoms. The van der Waals surface area contributed by atoms with Crippen LogP contribution in [0.5, 0.6) is 0 Å². The lowest BCUT2D eigenvalue weighted by molar-refractivity contribution is -0.138. The van der Waals surface area contributed by atoms with Gasteiger partial charge in [0.1, 0.15) is 0 Å². The van der Waals surface area contributed by atoms with E-state index >= 15 is 0 Å². The van der Waals surface area contributed by atoms with E-state index in [4.69, 9.17) is 5.11 Å². The second kappa shape index (κ2) is 6.62. The average molecular weight is 256 g/mol. The van der Waals surface area contributed by atoms with E-state index in [9.17, 15) is 4.79 Å². The fourth-order valence-electron chi connectivity index (χ4n) is 2.35. The fourth-order valence-corrected chi connectivity index (χ4v) is 2.35. The molecule has 94 valence electrons. The van der Waals surface area contributed by atoms with Crippen LogP contribution in [-0.2, 0) is 4.79 Å². The number of hydrogen-bond donors (Lipinski definition) is 1. The van der Waals surface area contributed by atoms with Crippen LogP contribution >= 0.6 is 12.4 Å². The molecule has 1 aliphatic heterocycles. The average Bonchev–Trinajstić information content (AvgIpc) is 2.80. The largest absolute Gasteiger partial charge is 0.481 e. The lowest BCUT2D eigenvalue weighted by atomic mass is 10.0. The van der Waals surface area contributed by atoms with Crippen molar-refractivity contribution in [2.45, 2.75) is 25.3 Å². The number of carboxylic acid groups (broad SMARTS) is 1. The molecule has 1 unspecified atom stereocenters. The molecule has 1 aromatic rings. The van der Waals surface area contributed by atoms with Gasteiger partial charge in [-0.05, 0) is 31.5 Å². The van der Waals surface area contributed by atoms with E-state index in [1.54, 1.807) is 0 Å². The highest BCUT2D eigenvalue weighted by Gasteiger charge is 2.25. The standard InChI is InChI=1S/C13H17NO2.ClH/c15-13(16)10-12(14-8-4-5-9-14)11-6-2-1-3-7-11;/h1-3,6-7,12H,4-5,8-10H2,(H,15,16);1H. The first-order valence-corrected chi connectivity index (χ1v) is 5.78. The van der Waals surface area contributed by atoms with Crippen LogP contribution in [0.4, 0.5) is 0 Å². The summed E-state index contributed by atoms with van der Waals surface area (Å²) < 4.78 is 0. The number of rotatable bonds is 4. The highest BCUT2D eigenvalue weighted by molar-refractivity contribution is 5.85. The maximum Gasteiger partial charge on any atom is 0.305 e. The van der Waals surface area contributed by atoms with Crippen LogP contribution in [0.25, 0.3) is 0 Å². The SMILES string of the molecule is Cl.O=C(O)CC(c1ccccc1)N1CCCC1. The number of benzene rings is 1. The third-order valence-corrected chi connectivity index (χ3v) is 3.13. The van der Waals surface area contributed by atoms with Gasteiger partial charge in [0.2, 0.25) is 0 Å². The summed E-state index contributed by atoms with van der Waals surface area (Å²) in [5, 5.41) is 8.98. The van der Waals surface area contributed by atoms with Crippen LogP contribution in [0.2, 0.25) is 0 Å². The second-order valence-corrected chi connectivity index (χ2v) is 4.27. The zero-order valence-corrected chi connectivity index (χ0v) is 10.5. The molecule has 1 aliphatic rings. The van der Waals surface area contributed by atoms with Crippen molar-refractivity contribution >= 4 is 18.4 Å². The minimum Gasteiger partial charge on any atom is -0.481 e. The maximum atomic E-state index is 10.9. The van der Waals surface area contributed by atoms with E-state index in [2.05, 4.69) is 4.90 Å². The Kier molecular flexibility index (Phi) is 5.45. The number of likely N-dealkylation sites (tertiary alicyclic amines) is 1. The van der Waals surface area contributed by atoms with Gasteiger partial charge in [-0.25, -0.2) is 0 Å². The predicted octanol–water partition coefficient (Wildman–Crippen LogP) is 2.72. The molecule has 1 heterocycles. The van der Waals surface area contributed by atoms with Crippen LogP contribution in [0.3, 0.4) is 0 Å². The Morgan fingerprint density at radius 2 is 1.82 bits per heavy atom. The Morgan fingerprint density at radius 1 is 1.24 bits per heavy atom. The molecular formula is C13H18ClNO2. The third-order valence-electron chi connectivity index (χ3n) is 3.13. The van der Waals surface area contributed by atoms with E-state index in [1.165, 1.54) is 12.8 Å². The van der Waals surface area contributed by atoms with Crippen molar-refractivity contribution in [3.63, 3.8) is 0 Å². The number of carbonyl (C=O) groups is 1. The molecule has 0 aromatic heterocycles. The van der Waals surface area contributed by atoms with Crippen molar-refractivity contribution in [2.75, 3.05) is 13.1 Å². The summed E-state index contributed by atoms with van der Waals surface area (Å²) in [6.45, 7) is 2.04. The van der Waals surface area contributed by atoms with Gasteiger partial charge in [-0.15, -0.1) is 12.4 Å². The molecule has 1 saturated heterocycles. The number of carboxylic acids is 1. The van der Waals surface area contributed by atoms with E-state index in [-0.39, 0.29) is 24.9 Å². The Bertz CT molecular complexity index is 350. The molecule has 3 nitrogen and oxygen atoms in total. The summed E-state index contributed by atoms with van der Waals surface area (Å²) in [6.07, 6.45) is 2.57. The van der Waals surface area contributed by atoms with Gasteiger partial charge in [0.25, 0.3) is 0 Å². The summed E-state index contributed by atoms with van der Waals surface area (Å²) in [7, 11) is 0. The molecule has 0 bridgehead atoms. The van der Waals surface area contributed by atoms with Gasteiger partial charge in [-0.2, -0.15) is 0 Å². The van der Waals surface area contributed by atoms with Crippen LogP contribution < -0.4 is 0 Å². The maximum absolute atomic E-state index is 10.9. The van der Waals surface area contributed by atoms with E-state index in [0.717, 1.165) is 18.7 Å². The molecule has 1 N–H and O–H groups in total. The van der Waals surface area contributed by atoms with Crippen LogP contribution in [0.15, 0.2) is 30.3 Å². The Hall–Kier alpha value is -1.06. The molecule has 0 amide bonds. The van der Waals surface area contributed by atoms with E-state index in [1.807, 2.05) is 30.3 Å². The van der Waals surface area contributed by atoms with Gasteiger partial charge in [-0.3, -0.25) is 9.69 Å². The zero-order valence-electron chi connectivity index (χ0n) is 9.71. The lowest BCUT2D eigenvalue weighted by Gasteiger charge is -2.26. The summed E-state index contributed by atoms with van der Waals surface area (Å²) in [5.74, 6) is -0.722. The van der Waals surface area contributed by atoms with Crippen LogP contribution in [-0.4, -0.2) is 29.1 Å². The van der Waals surface area contributed by atoms with Gasteiger partial charge in [0.05, 0.1) is 6.42 Å². The van der Waals surface area contributed by atoms with Crippen molar-refractivity contribution in [3.05, 3.63) is 35.9 Å². The highest BCUT2D eigenvalue weighted by atomic mass is 35.5. The van der Waals surface area contributed by atoms with E-state index < -0.39 is 5.97 Å². The van der Waals surface area contributed by atoms with Gasteiger partial charge in [0.15, 0.2) is 0 Å². The number of hydrogen-bond acceptors (Lipinski definition) is 2. The quantitative estimate of drug-likeness (QED) is 0.899. The molecule has 0 spiro atoms. The molecule has 1 atom stereocenters. The normalized spacial score (nSPS) is 17.4. The topological polar surface area (TPSA) is 40.5 Å². The molecule has 4 heteroatoms. The van der Waals surface area contributed by atoms with Gasteiger partial charge < -0.3 is 5.11 Å². The second-order valence-electron chi connectivity index (χ2n) is 4.27. The highest BCUT2D eigenvalue weighted by Crippen LogP contribution is 2.27. The van der Waals surface area contributed by atoms with Crippen LogP contribution in [0, 0.1) is 0 Å². The molecule has 0 saturated carbocycles. The van der Waals surface area contributed by atoms with E-state index in [0.29, 0.717) is 0 Å². The molecule has 0 aliphatic carbocycles. The van der Waals surface area contributed by atoms with Gasteiger partial charge in [0, 0.05) is 6.04 Å². The first-order valence-electron chi connectivity index (χ1n) is 5.78. The van der Waals surface area contributed by atoms with Crippen molar-refractivity contribution in [3.8, 4) is 0 Å². The molecular weight excluding hydrogens is 238 g/mol. The first-order chi connectivity index (χ1) is 7.77. The monoisotopic (exact) mass is 255 g/mol. The predicted molar refractivity (Wildman–Crippen MR) is 69.5 cm³/mol. The summed E-state index contributed by atoms with van der Waals surface area (Å²) in [5.41, 5.74) is 1.12. The van der Waals surface area contributed by atoms with Gasteiger partial charge >= 0.3 is 5.97 Å². The molecule has 1 aromatic carbocycles. The molecule has 1 fully saturated rings. The fraction of sp³-hybridized carbons (Fsp3) is 0.462. The Labute approximate surface area is 108 Å². The lowest BCUT2D eigenvalue weighted by Crippen LogP contribution is -2.27. The summed E-state index contributed by atoms with van der Waals surface area (Å²) >= 11 is 0. The first kappa shape index (κ1) is 14.0. The zero-order chi connectivity index (χ0) is 11.4. The number of nitrogens with zero attached hydrogens (tertiary/aromatic N) is 1. The van der Waals surface area contributed by atoms with Crippen molar-refractivity contribution < 1.29 is 9.90 Å². The summed E-state index contributed by atoms with van der Waals surface area (Å²) in [4.78, 5) is 13.2. The van der Waals surface area contributed by atoms with Gasteiger partial charge in [-0.1, -0.05) is 30.3 Å². The Balaban J connectivity index is 0.00000144.